The zero-order chi connectivity index (χ0) is 19.6. The van der Waals surface area contributed by atoms with Gasteiger partial charge >= 0.3 is 0 Å². The molecule has 0 spiro atoms. The molecule has 142 valence electrons. The van der Waals surface area contributed by atoms with Gasteiger partial charge in [-0.2, -0.15) is 0 Å². The summed E-state index contributed by atoms with van der Waals surface area (Å²) in [7, 11) is 1.40. The minimum absolute atomic E-state index is 0.113. The van der Waals surface area contributed by atoms with E-state index in [4.69, 9.17) is 16.3 Å². The highest BCUT2D eigenvalue weighted by Gasteiger charge is 2.31. The molecular formula is C19H17ClF2N2O3. The zero-order valence-corrected chi connectivity index (χ0v) is 15.2. The quantitative estimate of drug-likeness (QED) is 0.814. The molecule has 27 heavy (non-hydrogen) atoms. The monoisotopic (exact) mass is 394 g/mol. The number of amides is 2. The molecule has 2 amide bonds. The number of methoxy groups -OCH3 is 1. The van der Waals surface area contributed by atoms with Crippen molar-refractivity contribution < 1.29 is 23.1 Å². The lowest BCUT2D eigenvalue weighted by Gasteiger charge is -2.16. The van der Waals surface area contributed by atoms with Crippen LogP contribution in [-0.2, 0) is 16.0 Å². The molecule has 5 nitrogen and oxygen atoms in total. The van der Waals surface area contributed by atoms with Gasteiger partial charge in [0.1, 0.15) is 18.2 Å². The van der Waals surface area contributed by atoms with E-state index in [0.717, 1.165) is 6.07 Å². The van der Waals surface area contributed by atoms with E-state index in [9.17, 15) is 18.4 Å². The molecule has 0 fully saturated rings. The molecule has 0 bridgehead atoms. The average Bonchev–Trinajstić information content (AvgIpc) is 3.03. The third-order valence-corrected chi connectivity index (χ3v) is 4.66. The SMILES string of the molecule is COCC(=O)NC1CCc2c(C(=O)Nc3ccc(F)c(Cl)c3)ccc(F)c21. The molecule has 1 aliphatic rings. The van der Waals surface area contributed by atoms with E-state index in [1.54, 1.807) is 0 Å². The van der Waals surface area contributed by atoms with Crippen molar-refractivity contribution in [1.29, 1.82) is 0 Å². The fourth-order valence-electron chi connectivity index (χ4n) is 3.21. The van der Waals surface area contributed by atoms with E-state index in [2.05, 4.69) is 10.6 Å². The zero-order valence-electron chi connectivity index (χ0n) is 14.4. The molecule has 0 aromatic heterocycles. The average molecular weight is 395 g/mol. The van der Waals surface area contributed by atoms with Gasteiger partial charge < -0.3 is 15.4 Å². The van der Waals surface area contributed by atoms with Crippen molar-refractivity contribution in [3.05, 3.63) is 63.7 Å². The minimum Gasteiger partial charge on any atom is -0.375 e. The van der Waals surface area contributed by atoms with Gasteiger partial charge in [-0.3, -0.25) is 9.59 Å². The molecule has 8 heteroatoms. The number of ether oxygens (including phenoxy) is 1. The Bertz CT molecular complexity index is 905. The standard InChI is InChI=1S/C19H17ClF2N2O3/c1-27-9-17(25)24-16-7-4-11-12(3-6-15(22)18(11)16)19(26)23-10-2-5-14(21)13(20)8-10/h2-3,5-6,8,16H,4,7,9H2,1H3,(H,23,26)(H,24,25). The number of halogens is 3. The minimum atomic E-state index is -0.591. The number of anilines is 1. The van der Waals surface area contributed by atoms with Crippen LogP contribution in [0.5, 0.6) is 0 Å². The van der Waals surface area contributed by atoms with Crippen molar-refractivity contribution in [1.82, 2.24) is 5.32 Å². The number of carbonyl (C=O) groups is 2. The molecule has 1 unspecified atom stereocenters. The first-order chi connectivity index (χ1) is 12.9. The third kappa shape index (κ3) is 4.09. The summed E-state index contributed by atoms with van der Waals surface area (Å²) in [6.45, 7) is -0.126. The van der Waals surface area contributed by atoms with E-state index in [1.807, 2.05) is 0 Å². The Kier molecular flexibility index (Phi) is 5.72. The van der Waals surface area contributed by atoms with Gasteiger partial charge in [-0.05, 0) is 48.7 Å². The van der Waals surface area contributed by atoms with E-state index in [1.165, 1.54) is 31.4 Å². The van der Waals surface area contributed by atoms with Gasteiger partial charge in [-0.25, -0.2) is 8.78 Å². The summed E-state index contributed by atoms with van der Waals surface area (Å²) in [6, 6.07) is 5.91. The molecule has 2 aromatic rings. The summed E-state index contributed by atoms with van der Waals surface area (Å²) in [5.41, 5.74) is 1.48. The number of fused-ring (bicyclic) bond motifs is 1. The fourth-order valence-corrected chi connectivity index (χ4v) is 3.39. The number of hydrogen-bond acceptors (Lipinski definition) is 3. The van der Waals surface area contributed by atoms with Crippen molar-refractivity contribution in [3.8, 4) is 0 Å². The molecule has 0 radical (unpaired) electrons. The van der Waals surface area contributed by atoms with E-state index < -0.39 is 23.6 Å². The largest absolute Gasteiger partial charge is 0.375 e. The maximum atomic E-state index is 14.4. The second-order valence-corrected chi connectivity index (χ2v) is 6.57. The predicted octanol–water partition coefficient (Wildman–Crippen LogP) is 3.62. The highest BCUT2D eigenvalue weighted by molar-refractivity contribution is 6.31. The van der Waals surface area contributed by atoms with Crippen molar-refractivity contribution >= 4 is 29.1 Å². The number of carbonyl (C=O) groups excluding carboxylic acids is 2. The van der Waals surface area contributed by atoms with Crippen LogP contribution in [-0.4, -0.2) is 25.5 Å². The Hall–Kier alpha value is -2.51. The maximum absolute atomic E-state index is 14.4. The van der Waals surface area contributed by atoms with E-state index in [-0.39, 0.29) is 17.5 Å². The normalized spacial score (nSPS) is 15.3. The highest BCUT2D eigenvalue weighted by Crippen LogP contribution is 2.36. The van der Waals surface area contributed by atoms with Crippen molar-refractivity contribution in [2.45, 2.75) is 18.9 Å². The van der Waals surface area contributed by atoms with Crippen molar-refractivity contribution in [2.24, 2.45) is 0 Å². The lowest BCUT2D eigenvalue weighted by Crippen LogP contribution is -2.30. The third-order valence-electron chi connectivity index (χ3n) is 4.37. The Labute approximate surface area is 159 Å². The van der Waals surface area contributed by atoms with Crippen LogP contribution < -0.4 is 10.6 Å². The highest BCUT2D eigenvalue weighted by atomic mass is 35.5. The molecule has 0 aliphatic heterocycles. The van der Waals surface area contributed by atoms with Crippen LogP contribution in [0.2, 0.25) is 5.02 Å². The first-order valence-electron chi connectivity index (χ1n) is 8.26. The van der Waals surface area contributed by atoms with Crippen LogP contribution in [0.25, 0.3) is 0 Å². The summed E-state index contributed by atoms with van der Waals surface area (Å²) in [6.07, 6.45) is 0.923. The molecule has 3 rings (SSSR count). The van der Waals surface area contributed by atoms with Crippen LogP contribution in [0.3, 0.4) is 0 Å². The van der Waals surface area contributed by atoms with Crippen LogP contribution in [0, 0.1) is 11.6 Å². The van der Waals surface area contributed by atoms with Crippen LogP contribution >= 0.6 is 11.6 Å². The van der Waals surface area contributed by atoms with Crippen LogP contribution in [0.15, 0.2) is 30.3 Å². The topological polar surface area (TPSA) is 67.4 Å². The van der Waals surface area contributed by atoms with E-state index >= 15 is 0 Å². The smallest absolute Gasteiger partial charge is 0.255 e. The van der Waals surface area contributed by atoms with Gasteiger partial charge in [-0.1, -0.05) is 11.6 Å². The van der Waals surface area contributed by atoms with Gasteiger partial charge in [0, 0.05) is 23.9 Å². The van der Waals surface area contributed by atoms with Crippen molar-refractivity contribution in [2.75, 3.05) is 19.0 Å². The first kappa shape index (κ1) is 19.3. The van der Waals surface area contributed by atoms with Crippen LogP contribution in [0.4, 0.5) is 14.5 Å². The number of rotatable bonds is 5. The number of hydrogen-bond donors (Lipinski definition) is 2. The molecule has 2 aromatic carbocycles. The summed E-state index contributed by atoms with van der Waals surface area (Å²) in [5, 5.41) is 5.23. The molecule has 2 N–H and O–H groups in total. The summed E-state index contributed by atoms with van der Waals surface area (Å²) >= 11 is 5.72. The summed E-state index contributed by atoms with van der Waals surface area (Å²) < 4.78 is 32.4. The fraction of sp³-hybridized carbons (Fsp3) is 0.263. The van der Waals surface area contributed by atoms with Gasteiger partial charge in [0.25, 0.3) is 5.91 Å². The van der Waals surface area contributed by atoms with Gasteiger partial charge in [0.05, 0.1) is 11.1 Å². The maximum Gasteiger partial charge on any atom is 0.255 e. The lowest BCUT2D eigenvalue weighted by molar-refractivity contribution is -0.125. The number of benzene rings is 2. The Morgan fingerprint density at radius 2 is 1.96 bits per heavy atom. The van der Waals surface area contributed by atoms with E-state index in [0.29, 0.717) is 35.2 Å². The Balaban J connectivity index is 1.85. The van der Waals surface area contributed by atoms with Gasteiger partial charge in [0.15, 0.2) is 0 Å². The summed E-state index contributed by atoms with van der Waals surface area (Å²) in [4.78, 5) is 24.4. The van der Waals surface area contributed by atoms with Crippen LogP contribution in [0.1, 0.15) is 33.9 Å². The first-order valence-corrected chi connectivity index (χ1v) is 8.64. The Morgan fingerprint density at radius 1 is 1.22 bits per heavy atom. The molecule has 1 atom stereocenters. The second kappa shape index (κ2) is 8.02. The van der Waals surface area contributed by atoms with Gasteiger partial charge in [0.2, 0.25) is 5.91 Å². The molecule has 0 heterocycles. The second-order valence-electron chi connectivity index (χ2n) is 6.16. The molecule has 0 saturated heterocycles. The Morgan fingerprint density at radius 3 is 2.67 bits per heavy atom. The molecule has 0 saturated carbocycles. The predicted molar refractivity (Wildman–Crippen MR) is 96.8 cm³/mol. The van der Waals surface area contributed by atoms with Gasteiger partial charge in [-0.15, -0.1) is 0 Å². The summed E-state index contributed by atoms with van der Waals surface area (Å²) in [5.74, 6) is -1.89. The lowest BCUT2D eigenvalue weighted by atomic mass is 10.0. The molecular weight excluding hydrogens is 378 g/mol. The molecule has 1 aliphatic carbocycles. The number of nitrogens with one attached hydrogen (secondary N) is 2. The van der Waals surface area contributed by atoms with Crippen molar-refractivity contribution in [3.63, 3.8) is 0 Å².